The van der Waals surface area contributed by atoms with Crippen LogP contribution in [0.4, 0.5) is 0 Å². The van der Waals surface area contributed by atoms with Crippen molar-refractivity contribution in [3.63, 3.8) is 0 Å². The molecule has 7 nitrogen and oxygen atoms in total. The van der Waals surface area contributed by atoms with Crippen molar-refractivity contribution in [1.82, 2.24) is 9.80 Å². The van der Waals surface area contributed by atoms with Crippen LogP contribution in [-0.4, -0.2) is 73.1 Å². The molecule has 2 heterocycles. The number of hydrogen-bond acceptors (Lipinski definition) is 6. The van der Waals surface area contributed by atoms with Crippen LogP contribution in [0.1, 0.15) is 22.7 Å². The lowest BCUT2D eigenvalue weighted by atomic mass is 9.95. The summed E-state index contributed by atoms with van der Waals surface area (Å²) in [7, 11) is 1.57. The lowest BCUT2D eigenvalue weighted by Crippen LogP contribution is -2.42. The third-order valence-electron chi connectivity index (χ3n) is 6.04. The number of carbonyl (C=O) groups is 2. The highest BCUT2D eigenvalue weighted by atomic mass is 16.5. The maximum Gasteiger partial charge on any atom is 0.295 e. The van der Waals surface area contributed by atoms with Gasteiger partial charge in [-0.25, -0.2) is 0 Å². The molecule has 2 aromatic carbocycles. The van der Waals surface area contributed by atoms with Crippen molar-refractivity contribution in [3.05, 3.63) is 70.8 Å². The van der Waals surface area contributed by atoms with Gasteiger partial charge >= 0.3 is 0 Å². The number of ketones is 1. The first kappa shape index (κ1) is 22.0. The van der Waals surface area contributed by atoms with Crippen LogP contribution in [-0.2, 0) is 14.3 Å². The van der Waals surface area contributed by atoms with Gasteiger partial charge in [-0.1, -0.05) is 42.0 Å². The number of hydrogen-bond donors (Lipinski definition) is 1. The van der Waals surface area contributed by atoms with Crippen LogP contribution in [0.3, 0.4) is 0 Å². The van der Waals surface area contributed by atoms with Gasteiger partial charge in [0.2, 0.25) is 0 Å². The Morgan fingerprint density at radius 3 is 2.50 bits per heavy atom. The van der Waals surface area contributed by atoms with Crippen LogP contribution in [0.2, 0.25) is 0 Å². The number of rotatable bonds is 6. The molecule has 2 aliphatic rings. The molecule has 2 aromatic rings. The molecule has 0 saturated carbocycles. The molecular weight excluding hydrogens is 408 g/mol. The fourth-order valence-electron chi connectivity index (χ4n) is 4.21. The maximum absolute atomic E-state index is 13.1. The van der Waals surface area contributed by atoms with E-state index in [0.29, 0.717) is 37.6 Å². The van der Waals surface area contributed by atoms with Crippen molar-refractivity contribution in [2.24, 2.45) is 0 Å². The number of nitrogens with zero attached hydrogens (tertiary/aromatic N) is 2. The fourth-order valence-corrected chi connectivity index (χ4v) is 4.21. The number of aliphatic hydroxyl groups excluding tert-OH is 1. The van der Waals surface area contributed by atoms with Crippen molar-refractivity contribution in [3.8, 4) is 5.75 Å². The largest absolute Gasteiger partial charge is 0.507 e. The van der Waals surface area contributed by atoms with E-state index >= 15 is 0 Å². The van der Waals surface area contributed by atoms with Gasteiger partial charge in [-0.05, 0) is 24.6 Å². The molecule has 2 saturated heterocycles. The second kappa shape index (κ2) is 9.54. The number of morpholine rings is 1. The second-order valence-corrected chi connectivity index (χ2v) is 8.09. The summed E-state index contributed by atoms with van der Waals surface area (Å²) in [6.07, 6.45) is 0. The molecule has 1 amide bonds. The number of aliphatic hydroxyl groups is 1. The van der Waals surface area contributed by atoms with E-state index in [-0.39, 0.29) is 11.3 Å². The number of amides is 1. The molecule has 0 radical (unpaired) electrons. The minimum Gasteiger partial charge on any atom is -0.507 e. The van der Waals surface area contributed by atoms with Crippen molar-refractivity contribution in [1.29, 1.82) is 0 Å². The number of ether oxygens (including phenoxy) is 2. The zero-order valence-corrected chi connectivity index (χ0v) is 18.4. The smallest absolute Gasteiger partial charge is 0.295 e. The van der Waals surface area contributed by atoms with Gasteiger partial charge in [-0.2, -0.15) is 0 Å². The normalized spacial score (nSPS) is 21.2. The molecule has 2 fully saturated rings. The molecule has 1 N–H and O–H groups in total. The zero-order valence-electron chi connectivity index (χ0n) is 18.4. The quantitative estimate of drug-likeness (QED) is 0.426. The molecule has 0 aromatic heterocycles. The van der Waals surface area contributed by atoms with Gasteiger partial charge in [-0.15, -0.1) is 0 Å². The molecule has 0 unspecified atom stereocenters. The monoisotopic (exact) mass is 436 g/mol. The number of carbonyl (C=O) groups excluding carboxylic acids is 2. The van der Waals surface area contributed by atoms with Gasteiger partial charge in [0.15, 0.2) is 0 Å². The first-order valence-corrected chi connectivity index (χ1v) is 10.8. The number of methoxy groups -OCH3 is 1. The number of benzene rings is 2. The van der Waals surface area contributed by atoms with Crippen molar-refractivity contribution < 1.29 is 24.2 Å². The fraction of sp³-hybridized carbons (Fsp3) is 0.360. The Hall–Kier alpha value is -3.16. The number of aryl methyl sites for hydroxylation is 1. The minimum atomic E-state index is -0.688. The van der Waals surface area contributed by atoms with Gasteiger partial charge in [-0.3, -0.25) is 14.5 Å². The SMILES string of the molecule is COc1cccc([C@@H]2/C(=C(\O)c3ccc(C)cc3)C(=O)C(=O)N2CCN2CCOCC2)c1. The van der Waals surface area contributed by atoms with Gasteiger partial charge in [0, 0.05) is 31.7 Å². The molecule has 0 spiro atoms. The number of Topliss-reactive ketones (excluding diaryl/α,β-unsaturated/α-hetero) is 1. The lowest BCUT2D eigenvalue weighted by Gasteiger charge is -2.31. The average Bonchev–Trinajstić information content (AvgIpc) is 3.08. The third kappa shape index (κ3) is 4.40. The van der Waals surface area contributed by atoms with Crippen LogP contribution < -0.4 is 4.74 Å². The second-order valence-electron chi connectivity index (χ2n) is 8.09. The van der Waals surface area contributed by atoms with Crippen LogP contribution in [0.5, 0.6) is 5.75 Å². The summed E-state index contributed by atoms with van der Waals surface area (Å²) >= 11 is 0. The predicted octanol–water partition coefficient (Wildman–Crippen LogP) is 2.76. The van der Waals surface area contributed by atoms with Gasteiger partial charge in [0.1, 0.15) is 11.5 Å². The summed E-state index contributed by atoms with van der Waals surface area (Å²) in [6.45, 7) is 5.84. The molecule has 1 atom stereocenters. The summed E-state index contributed by atoms with van der Waals surface area (Å²) in [5, 5.41) is 11.1. The Bertz CT molecular complexity index is 1020. The first-order chi connectivity index (χ1) is 15.5. The van der Waals surface area contributed by atoms with Crippen molar-refractivity contribution in [2.75, 3.05) is 46.5 Å². The topological polar surface area (TPSA) is 79.3 Å². The molecule has 168 valence electrons. The molecular formula is C25H28N2O5. The van der Waals surface area contributed by atoms with Crippen LogP contribution in [0.15, 0.2) is 54.1 Å². The van der Waals surface area contributed by atoms with Crippen molar-refractivity contribution in [2.45, 2.75) is 13.0 Å². The van der Waals surface area contributed by atoms with E-state index in [9.17, 15) is 14.7 Å². The van der Waals surface area contributed by atoms with E-state index in [2.05, 4.69) is 4.90 Å². The summed E-state index contributed by atoms with van der Waals surface area (Å²) < 4.78 is 10.8. The minimum absolute atomic E-state index is 0.106. The standard InChI is InChI=1S/C25H28N2O5/c1-17-6-8-18(9-7-17)23(28)21-22(19-4-3-5-20(16-19)31-2)27(25(30)24(21)29)11-10-26-12-14-32-15-13-26/h3-9,16,22,28H,10-15H2,1-2H3/b23-21+/t22-/m1/s1. The molecule has 0 aliphatic carbocycles. The molecule has 4 rings (SSSR count). The van der Waals surface area contributed by atoms with Crippen LogP contribution >= 0.6 is 0 Å². The molecule has 2 aliphatic heterocycles. The molecule has 32 heavy (non-hydrogen) atoms. The molecule has 7 heteroatoms. The van der Waals surface area contributed by atoms with Crippen molar-refractivity contribution >= 4 is 17.4 Å². The van der Waals surface area contributed by atoms with E-state index in [0.717, 1.165) is 24.2 Å². The van der Waals surface area contributed by atoms with Gasteiger partial charge in [0.25, 0.3) is 11.7 Å². The average molecular weight is 437 g/mol. The summed E-state index contributed by atoms with van der Waals surface area (Å²) in [6, 6.07) is 13.8. The van der Waals surface area contributed by atoms with Crippen LogP contribution in [0.25, 0.3) is 5.76 Å². The Morgan fingerprint density at radius 2 is 1.81 bits per heavy atom. The lowest BCUT2D eigenvalue weighted by molar-refractivity contribution is -0.140. The zero-order chi connectivity index (χ0) is 22.7. The summed E-state index contributed by atoms with van der Waals surface area (Å²) in [5.41, 5.74) is 2.37. The highest BCUT2D eigenvalue weighted by molar-refractivity contribution is 6.46. The molecule has 0 bridgehead atoms. The Morgan fingerprint density at radius 1 is 1.09 bits per heavy atom. The highest BCUT2D eigenvalue weighted by Crippen LogP contribution is 2.40. The van der Waals surface area contributed by atoms with E-state index in [4.69, 9.17) is 9.47 Å². The van der Waals surface area contributed by atoms with E-state index in [1.54, 1.807) is 30.2 Å². The summed E-state index contributed by atoms with van der Waals surface area (Å²) in [4.78, 5) is 30.0. The van der Waals surface area contributed by atoms with E-state index < -0.39 is 17.7 Å². The van der Waals surface area contributed by atoms with E-state index in [1.165, 1.54) is 0 Å². The highest BCUT2D eigenvalue weighted by Gasteiger charge is 2.46. The van der Waals surface area contributed by atoms with E-state index in [1.807, 2.05) is 37.3 Å². The Balaban J connectivity index is 1.74. The Kier molecular flexibility index (Phi) is 6.58. The predicted molar refractivity (Wildman–Crippen MR) is 120 cm³/mol. The summed E-state index contributed by atoms with van der Waals surface area (Å²) in [5.74, 6) is -0.806. The van der Waals surface area contributed by atoms with Crippen LogP contribution in [0, 0.1) is 6.92 Å². The third-order valence-corrected chi connectivity index (χ3v) is 6.04. The first-order valence-electron chi connectivity index (χ1n) is 10.8. The number of likely N-dealkylation sites (tertiary alicyclic amines) is 1. The van der Waals surface area contributed by atoms with Gasteiger partial charge in [0.05, 0.1) is 31.9 Å². The maximum atomic E-state index is 13.1. The van der Waals surface area contributed by atoms with Gasteiger partial charge < -0.3 is 19.5 Å². The Labute approximate surface area is 187 Å².